The fourth-order valence-electron chi connectivity index (χ4n) is 3.43. The number of carbonyl (C=O) groups is 2. The van der Waals surface area contributed by atoms with Crippen LogP contribution in [0, 0.1) is 18.8 Å². The Morgan fingerprint density at radius 2 is 2.24 bits per heavy atom. The van der Waals surface area contributed by atoms with Crippen LogP contribution in [-0.2, 0) is 9.59 Å². The first-order valence-corrected chi connectivity index (χ1v) is 9.39. The highest BCUT2D eigenvalue weighted by molar-refractivity contribution is 9.10. The number of nitrogens with zero attached hydrogens (tertiary/aromatic N) is 1. The average Bonchev–Trinajstić information content (AvgIpc) is 3.20. The van der Waals surface area contributed by atoms with E-state index in [-0.39, 0.29) is 30.1 Å². The van der Waals surface area contributed by atoms with Crippen molar-refractivity contribution in [2.24, 2.45) is 11.8 Å². The van der Waals surface area contributed by atoms with Gasteiger partial charge in [0, 0.05) is 29.7 Å². The van der Waals surface area contributed by atoms with Crippen molar-refractivity contribution in [2.45, 2.75) is 26.2 Å². The van der Waals surface area contributed by atoms with E-state index in [9.17, 15) is 9.59 Å². The van der Waals surface area contributed by atoms with Crippen LogP contribution in [0.4, 0.5) is 5.69 Å². The highest BCUT2D eigenvalue weighted by Gasteiger charge is 2.35. The van der Waals surface area contributed by atoms with Crippen LogP contribution in [0.1, 0.15) is 24.8 Å². The molecule has 0 saturated carbocycles. The van der Waals surface area contributed by atoms with Gasteiger partial charge in [-0.2, -0.15) is 0 Å². The number of carbonyl (C=O) groups excluding carboxylic acids is 2. The molecule has 1 aromatic rings. The van der Waals surface area contributed by atoms with Gasteiger partial charge in [-0.05, 0) is 62.5 Å². The topological polar surface area (TPSA) is 61.4 Å². The molecule has 5 nitrogen and oxygen atoms in total. The van der Waals surface area contributed by atoms with E-state index in [1.165, 1.54) is 6.42 Å². The van der Waals surface area contributed by atoms with Crippen LogP contribution >= 0.6 is 28.3 Å². The minimum absolute atomic E-state index is 0. The van der Waals surface area contributed by atoms with Gasteiger partial charge in [0.2, 0.25) is 11.8 Å². The molecule has 2 N–H and O–H groups in total. The van der Waals surface area contributed by atoms with Gasteiger partial charge < -0.3 is 15.5 Å². The molecule has 1 aromatic carbocycles. The second-order valence-electron chi connectivity index (χ2n) is 6.78. The quantitative estimate of drug-likeness (QED) is 0.755. The average molecular weight is 431 g/mol. The van der Waals surface area contributed by atoms with Crippen molar-refractivity contribution in [1.82, 2.24) is 10.6 Å². The van der Waals surface area contributed by atoms with E-state index in [1.807, 2.05) is 25.1 Å². The van der Waals surface area contributed by atoms with Crippen molar-refractivity contribution in [2.75, 3.05) is 31.1 Å². The Kier molecular flexibility index (Phi) is 7.28. The molecule has 0 aromatic heterocycles. The zero-order chi connectivity index (χ0) is 17.1. The lowest BCUT2D eigenvalue weighted by Gasteiger charge is -2.18. The lowest BCUT2D eigenvalue weighted by Crippen LogP contribution is -2.34. The predicted octanol–water partition coefficient (Wildman–Crippen LogP) is 2.65. The number of nitrogens with one attached hydrogen (secondary N) is 2. The summed E-state index contributed by atoms with van der Waals surface area (Å²) >= 11 is 3.47. The molecule has 2 aliphatic heterocycles. The molecular weight excluding hydrogens is 406 g/mol. The summed E-state index contributed by atoms with van der Waals surface area (Å²) in [5, 5.41) is 6.35. The fourth-order valence-corrected chi connectivity index (χ4v) is 3.68. The van der Waals surface area contributed by atoms with Gasteiger partial charge in [0.25, 0.3) is 0 Å². The summed E-state index contributed by atoms with van der Waals surface area (Å²) in [6.45, 7) is 5.30. The van der Waals surface area contributed by atoms with Crippen LogP contribution in [0.2, 0.25) is 0 Å². The summed E-state index contributed by atoms with van der Waals surface area (Å²) in [6.07, 6.45) is 2.50. The van der Waals surface area contributed by atoms with Crippen LogP contribution in [0.5, 0.6) is 0 Å². The maximum absolute atomic E-state index is 12.3. The molecule has 7 heteroatoms. The molecule has 2 aliphatic rings. The summed E-state index contributed by atoms with van der Waals surface area (Å²) in [5.74, 6) is 0.448. The highest BCUT2D eigenvalue weighted by Crippen LogP contribution is 2.28. The Balaban J connectivity index is 0.00000225. The first kappa shape index (κ1) is 20.2. The summed E-state index contributed by atoms with van der Waals surface area (Å²) in [5.41, 5.74) is 1.95. The number of anilines is 1. The molecule has 25 heavy (non-hydrogen) atoms. The Morgan fingerprint density at radius 3 is 2.92 bits per heavy atom. The van der Waals surface area contributed by atoms with Crippen molar-refractivity contribution in [3.63, 3.8) is 0 Å². The predicted molar refractivity (Wildman–Crippen MR) is 105 cm³/mol. The number of hydrogen-bond donors (Lipinski definition) is 2. The minimum atomic E-state index is -0.247. The molecule has 2 unspecified atom stereocenters. The van der Waals surface area contributed by atoms with E-state index in [4.69, 9.17) is 0 Å². The van der Waals surface area contributed by atoms with Gasteiger partial charge in [-0.1, -0.05) is 15.9 Å². The largest absolute Gasteiger partial charge is 0.356 e. The Labute approximate surface area is 163 Å². The number of hydrogen-bond acceptors (Lipinski definition) is 3. The molecule has 0 radical (unpaired) electrons. The minimum Gasteiger partial charge on any atom is -0.356 e. The first-order valence-electron chi connectivity index (χ1n) is 8.59. The van der Waals surface area contributed by atoms with Crippen molar-refractivity contribution < 1.29 is 9.59 Å². The van der Waals surface area contributed by atoms with Crippen LogP contribution in [-0.4, -0.2) is 38.0 Å². The van der Waals surface area contributed by atoms with Gasteiger partial charge in [-0.3, -0.25) is 9.59 Å². The second-order valence-corrected chi connectivity index (χ2v) is 7.63. The standard InChI is InChI=1S/C18H24BrN3O2.ClH/c1-12-8-15(2-3-16(12)19)22-11-14(9-17(22)23)18(24)21-7-5-13-4-6-20-10-13;/h2-3,8,13-14,20H,4-7,9-11H2,1H3,(H,21,24);1H. The number of benzene rings is 1. The maximum Gasteiger partial charge on any atom is 0.227 e. The monoisotopic (exact) mass is 429 g/mol. The molecule has 2 saturated heterocycles. The highest BCUT2D eigenvalue weighted by atomic mass is 79.9. The van der Waals surface area contributed by atoms with Gasteiger partial charge in [-0.15, -0.1) is 12.4 Å². The normalized spacial score (nSPS) is 22.8. The Bertz CT molecular complexity index is 635. The SMILES string of the molecule is Cc1cc(N2CC(C(=O)NCCC3CCNC3)CC2=O)ccc1Br.Cl. The number of amides is 2. The molecule has 0 spiro atoms. The Morgan fingerprint density at radius 1 is 1.44 bits per heavy atom. The van der Waals surface area contributed by atoms with Gasteiger partial charge in [0.05, 0.1) is 5.92 Å². The van der Waals surface area contributed by atoms with Crippen LogP contribution in [0.25, 0.3) is 0 Å². The molecule has 2 heterocycles. The number of halogens is 2. The second kappa shape index (κ2) is 9.01. The summed E-state index contributed by atoms with van der Waals surface area (Å²) < 4.78 is 1.02. The van der Waals surface area contributed by atoms with Crippen LogP contribution in [0.15, 0.2) is 22.7 Å². The third-order valence-electron chi connectivity index (χ3n) is 4.96. The first-order chi connectivity index (χ1) is 11.5. The summed E-state index contributed by atoms with van der Waals surface area (Å²) in [6, 6.07) is 5.85. The molecule has 0 bridgehead atoms. The van der Waals surface area contributed by atoms with Crippen molar-refractivity contribution in [3.8, 4) is 0 Å². The van der Waals surface area contributed by atoms with Gasteiger partial charge >= 0.3 is 0 Å². The lowest BCUT2D eigenvalue weighted by molar-refractivity contribution is -0.126. The number of rotatable bonds is 5. The van der Waals surface area contributed by atoms with E-state index in [1.54, 1.807) is 4.90 Å². The van der Waals surface area contributed by atoms with Crippen LogP contribution < -0.4 is 15.5 Å². The zero-order valence-corrected chi connectivity index (χ0v) is 16.8. The molecule has 2 fully saturated rings. The summed E-state index contributed by atoms with van der Waals surface area (Å²) in [7, 11) is 0. The molecular formula is C18H25BrClN3O2. The molecule has 0 aliphatic carbocycles. The van der Waals surface area contributed by atoms with Crippen molar-refractivity contribution in [3.05, 3.63) is 28.2 Å². The molecule has 138 valence electrons. The van der Waals surface area contributed by atoms with E-state index in [0.29, 0.717) is 25.4 Å². The van der Waals surface area contributed by atoms with Crippen LogP contribution in [0.3, 0.4) is 0 Å². The third-order valence-corrected chi connectivity index (χ3v) is 5.85. The van der Waals surface area contributed by atoms with Gasteiger partial charge in [-0.25, -0.2) is 0 Å². The van der Waals surface area contributed by atoms with Gasteiger partial charge in [0.1, 0.15) is 0 Å². The fraction of sp³-hybridized carbons (Fsp3) is 0.556. The third kappa shape index (κ3) is 4.96. The number of aryl methyl sites for hydroxylation is 1. The zero-order valence-electron chi connectivity index (χ0n) is 14.4. The summed E-state index contributed by atoms with van der Waals surface area (Å²) in [4.78, 5) is 26.4. The van der Waals surface area contributed by atoms with E-state index in [0.717, 1.165) is 35.2 Å². The smallest absolute Gasteiger partial charge is 0.227 e. The van der Waals surface area contributed by atoms with E-state index >= 15 is 0 Å². The van der Waals surface area contributed by atoms with Crippen molar-refractivity contribution >= 4 is 45.8 Å². The van der Waals surface area contributed by atoms with E-state index in [2.05, 4.69) is 26.6 Å². The molecule has 2 atom stereocenters. The maximum atomic E-state index is 12.3. The molecule has 2 amide bonds. The van der Waals surface area contributed by atoms with Gasteiger partial charge in [0.15, 0.2) is 0 Å². The lowest BCUT2D eigenvalue weighted by atomic mass is 10.0. The molecule has 3 rings (SSSR count). The van der Waals surface area contributed by atoms with Crippen molar-refractivity contribution in [1.29, 1.82) is 0 Å². The van der Waals surface area contributed by atoms with E-state index < -0.39 is 0 Å². The Hall–Kier alpha value is -1.11.